The second-order valence-electron chi connectivity index (χ2n) is 7.11. The van der Waals surface area contributed by atoms with Crippen LogP contribution < -0.4 is 5.73 Å². The van der Waals surface area contributed by atoms with E-state index in [1.54, 1.807) is 0 Å². The Bertz CT molecular complexity index is 509. The fourth-order valence-electron chi connectivity index (χ4n) is 4.34. The molecule has 1 saturated carbocycles. The Labute approximate surface area is 133 Å². The fourth-order valence-corrected chi connectivity index (χ4v) is 4.34. The summed E-state index contributed by atoms with van der Waals surface area (Å²) in [5.74, 6) is 1.19. The molecule has 120 valence electrons. The predicted octanol–water partition coefficient (Wildman–Crippen LogP) is 3.16. The number of nitrogens with two attached hydrogens (primary N) is 1. The molecule has 1 aliphatic heterocycles. The standard InChI is InChI=1S/C19H28N2O/c1-2-9-19(10-6-11-19)18(22)21-13-16(12-20)17(14-21)15-7-4-3-5-8-15/h3-5,7-8,16-17H,2,6,9-14,20H2,1H3/t16-,17+/m1/s1. The number of hydrogen-bond donors (Lipinski definition) is 1. The van der Waals surface area contributed by atoms with Crippen molar-refractivity contribution in [3.63, 3.8) is 0 Å². The molecule has 22 heavy (non-hydrogen) atoms. The molecule has 1 aromatic rings. The first-order chi connectivity index (χ1) is 10.7. The highest BCUT2D eigenvalue weighted by Gasteiger charge is 2.48. The summed E-state index contributed by atoms with van der Waals surface area (Å²) in [5, 5.41) is 0. The van der Waals surface area contributed by atoms with Gasteiger partial charge >= 0.3 is 0 Å². The van der Waals surface area contributed by atoms with E-state index in [2.05, 4.69) is 36.1 Å². The zero-order valence-electron chi connectivity index (χ0n) is 13.6. The van der Waals surface area contributed by atoms with Gasteiger partial charge < -0.3 is 10.6 Å². The maximum atomic E-state index is 13.1. The Morgan fingerprint density at radius 2 is 2.00 bits per heavy atom. The van der Waals surface area contributed by atoms with Crippen molar-refractivity contribution >= 4 is 5.91 Å². The second kappa shape index (κ2) is 6.41. The molecule has 0 aromatic heterocycles. The molecule has 0 unspecified atom stereocenters. The summed E-state index contributed by atoms with van der Waals surface area (Å²) in [6.45, 7) is 4.52. The van der Waals surface area contributed by atoms with Gasteiger partial charge in [-0.25, -0.2) is 0 Å². The predicted molar refractivity (Wildman–Crippen MR) is 89.5 cm³/mol. The summed E-state index contributed by atoms with van der Waals surface area (Å²) in [4.78, 5) is 15.2. The van der Waals surface area contributed by atoms with E-state index in [-0.39, 0.29) is 5.41 Å². The number of carbonyl (C=O) groups is 1. The van der Waals surface area contributed by atoms with Crippen LogP contribution in [0.25, 0.3) is 0 Å². The minimum Gasteiger partial charge on any atom is -0.341 e. The quantitative estimate of drug-likeness (QED) is 0.908. The lowest BCUT2D eigenvalue weighted by atomic mass is 9.65. The number of hydrogen-bond acceptors (Lipinski definition) is 2. The van der Waals surface area contributed by atoms with Gasteiger partial charge in [0, 0.05) is 24.4 Å². The molecule has 0 bridgehead atoms. The van der Waals surface area contributed by atoms with Crippen molar-refractivity contribution in [2.45, 2.75) is 44.9 Å². The van der Waals surface area contributed by atoms with E-state index < -0.39 is 0 Å². The Morgan fingerprint density at radius 3 is 2.55 bits per heavy atom. The van der Waals surface area contributed by atoms with Crippen molar-refractivity contribution < 1.29 is 4.79 Å². The number of likely N-dealkylation sites (tertiary alicyclic amines) is 1. The van der Waals surface area contributed by atoms with Crippen molar-refractivity contribution in [3.05, 3.63) is 35.9 Å². The van der Waals surface area contributed by atoms with E-state index in [4.69, 9.17) is 5.73 Å². The maximum absolute atomic E-state index is 13.1. The third-order valence-corrected chi connectivity index (χ3v) is 5.75. The van der Waals surface area contributed by atoms with Crippen LogP contribution in [-0.2, 0) is 4.79 Å². The fraction of sp³-hybridized carbons (Fsp3) is 0.632. The van der Waals surface area contributed by atoms with Gasteiger partial charge in [-0.05, 0) is 37.3 Å². The summed E-state index contributed by atoms with van der Waals surface area (Å²) in [5.41, 5.74) is 7.28. The van der Waals surface area contributed by atoms with Crippen LogP contribution in [0, 0.1) is 11.3 Å². The van der Waals surface area contributed by atoms with Crippen LogP contribution in [0.1, 0.15) is 50.5 Å². The van der Waals surface area contributed by atoms with Crippen LogP contribution in [0.5, 0.6) is 0 Å². The van der Waals surface area contributed by atoms with Gasteiger partial charge in [0.1, 0.15) is 0 Å². The summed E-state index contributed by atoms with van der Waals surface area (Å²) < 4.78 is 0. The van der Waals surface area contributed by atoms with Crippen LogP contribution >= 0.6 is 0 Å². The van der Waals surface area contributed by atoms with E-state index in [9.17, 15) is 4.79 Å². The van der Waals surface area contributed by atoms with E-state index in [1.807, 2.05) is 6.07 Å². The normalized spacial score (nSPS) is 26.7. The minimum atomic E-state index is -0.0422. The van der Waals surface area contributed by atoms with E-state index in [0.717, 1.165) is 38.8 Å². The molecular weight excluding hydrogens is 272 g/mol. The van der Waals surface area contributed by atoms with Gasteiger partial charge in [-0.3, -0.25) is 4.79 Å². The molecule has 2 fully saturated rings. The van der Waals surface area contributed by atoms with Gasteiger partial charge in [0.2, 0.25) is 5.91 Å². The first-order valence-corrected chi connectivity index (χ1v) is 8.74. The van der Waals surface area contributed by atoms with Crippen LogP contribution in [0.3, 0.4) is 0 Å². The molecule has 2 atom stereocenters. The van der Waals surface area contributed by atoms with Gasteiger partial charge in [0.05, 0.1) is 0 Å². The van der Waals surface area contributed by atoms with Crippen molar-refractivity contribution in [3.8, 4) is 0 Å². The first-order valence-electron chi connectivity index (χ1n) is 8.74. The zero-order valence-corrected chi connectivity index (χ0v) is 13.6. The van der Waals surface area contributed by atoms with Crippen molar-refractivity contribution in [2.24, 2.45) is 17.1 Å². The van der Waals surface area contributed by atoms with Crippen molar-refractivity contribution in [1.29, 1.82) is 0 Å². The molecule has 3 heteroatoms. The number of benzene rings is 1. The third-order valence-electron chi connectivity index (χ3n) is 5.75. The highest BCUT2D eigenvalue weighted by Crippen LogP contribution is 2.47. The molecule has 1 aromatic carbocycles. The summed E-state index contributed by atoms with van der Waals surface area (Å²) >= 11 is 0. The van der Waals surface area contributed by atoms with Crippen molar-refractivity contribution in [2.75, 3.05) is 19.6 Å². The lowest BCUT2D eigenvalue weighted by Crippen LogP contribution is -2.47. The summed E-state index contributed by atoms with van der Waals surface area (Å²) in [6, 6.07) is 10.6. The molecule has 2 aliphatic rings. The average molecular weight is 300 g/mol. The first kappa shape index (κ1) is 15.5. The molecule has 1 saturated heterocycles. The lowest BCUT2D eigenvalue weighted by Gasteiger charge is -2.43. The van der Waals surface area contributed by atoms with Crippen LogP contribution in [0.2, 0.25) is 0 Å². The molecule has 1 amide bonds. The highest BCUT2D eigenvalue weighted by molar-refractivity contribution is 5.84. The highest BCUT2D eigenvalue weighted by atomic mass is 16.2. The maximum Gasteiger partial charge on any atom is 0.228 e. The molecule has 3 rings (SSSR count). The van der Waals surface area contributed by atoms with Crippen LogP contribution in [-0.4, -0.2) is 30.4 Å². The van der Waals surface area contributed by atoms with Gasteiger partial charge in [-0.15, -0.1) is 0 Å². The molecule has 0 radical (unpaired) electrons. The second-order valence-corrected chi connectivity index (χ2v) is 7.11. The van der Waals surface area contributed by atoms with E-state index in [1.165, 1.54) is 12.0 Å². The topological polar surface area (TPSA) is 46.3 Å². The zero-order chi connectivity index (χ0) is 15.6. The number of rotatable bonds is 5. The number of nitrogens with zero attached hydrogens (tertiary/aromatic N) is 1. The largest absolute Gasteiger partial charge is 0.341 e. The number of carbonyl (C=O) groups excluding carboxylic acids is 1. The Balaban J connectivity index is 1.75. The van der Waals surface area contributed by atoms with Gasteiger partial charge in [0.15, 0.2) is 0 Å². The monoisotopic (exact) mass is 300 g/mol. The summed E-state index contributed by atoms with van der Waals surface area (Å²) in [6.07, 6.45) is 5.52. The Hall–Kier alpha value is -1.35. The SMILES string of the molecule is CCCC1(C(=O)N2C[C@@H](CN)[C@H](c3ccccc3)C2)CCC1. The smallest absolute Gasteiger partial charge is 0.228 e. The lowest BCUT2D eigenvalue weighted by molar-refractivity contribution is -0.147. The van der Waals surface area contributed by atoms with Gasteiger partial charge in [-0.2, -0.15) is 0 Å². The van der Waals surface area contributed by atoms with Gasteiger partial charge in [-0.1, -0.05) is 50.1 Å². The van der Waals surface area contributed by atoms with Crippen LogP contribution in [0.15, 0.2) is 30.3 Å². The minimum absolute atomic E-state index is 0.0422. The Morgan fingerprint density at radius 1 is 1.27 bits per heavy atom. The molecule has 1 aliphatic carbocycles. The molecule has 3 nitrogen and oxygen atoms in total. The van der Waals surface area contributed by atoms with E-state index >= 15 is 0 Å². The van der Waals surface area contributed by atoms with E-state index in [0.29, 0.717) is 24.3 Å². The molecule has 1 heterocycles. The molecule has 2 N–H and O–H groups in total. The van der Waals surface area contributed by atoms with Gasteiger partial charge in [0.25, 0.3) is 0 Å². The van der Waals surface area contributed by atoms with Crippen molar-refractivity contribution in [1.82, 2.24) is 4.90 Å². The Kier molecular flexibility index (Phi) is 4.53. The average Bonchev–Trinajstić information content (AvgIpc) is 2.95. The van der Waals surface area contributed by atoms with Crippen LogP contribution in [0.4, 0.5) is 0 Å². The third kappa shape index (κ3) is 2.67. The number of amides is 1. The molecular formula is C19H28N2O. The molecule has 0 spiro atoms. The summed E-state index contributed by atoms with van der Waals surface area (Å²) in [7, 11) is 0.